The van der Waals surface area contributed by atoms with Crippen molar-refractivity contribution in [1.29, 1.82) is 0 Å². The topological polar surface area (TPSA) is 52.6 Å². The molecule has 0 atom stereocenters. The second kappa shape index (κ2) is 13.3. The van der Waals surface area contributed by atoms with Crippen molar-refractivity contribution in [1.82, 2.24) is 20.5 Å². The molecule has 1 aliphatic rings. The zero-order chi connectivity index (χ0) is 20.5. The molecule has 166 valence electrons. The Morgan fingerprint density at radius 2 is 1.90 bits per heavy atom. The molecule has 1 aromatic carbocycles. The molecule has 3 rings (SSSR count). The van der Waals surface area contributed by atoms with E-state index in [1.165, 1.54) is 34.7 Å². The Hall–Kier alpha value is -1.19. The van der Waals surface area contributed by atoms with Crippen molar-refractivity contribution in [2.24, 2.45) is 10.9 Å². The number of likely N-dealkylation sites (tertiary alicyclic amines) is 1. The van der Waals surface area contributed by atoms with Crippen molar-refractivity contribution in [2.45, 2.75) is 53.1 Å². The molecule has 0 amide bonds. The Morgan fingerprint density at radius 3 is 2.53 bits per heavy atom. The summed E-state index contributed by atoms with van der Waals surface area (Å²) < 4.78 is 0. The van der Waals surface area contributed by atoms with Crippen molar-refractivity contribution in [3.63, 3.8) is 0 Å². The van der Waals surface area contributed by atoms with Crippen molar-refractivity contribution in [3.05, 3.63) is 51.5 Å². The SMILES string of the molecule is CCNC(=NCc1ccc(C)cc1)NCC1CCN(Cc2csc(CC)n2)CC1.I. The molecule has 1 aromatic heterocycles. The molecule has 0 saturated carbocycles. The molecule has 1 fully saturated rings. The predicted molar refractivity (Wildman–Crippen MR) is 139 cm³/mol. The highest BCUT2D eigenvalue weighted by Gasteiger charge is 2.20. The van der Waals surface area contributed by atoms with E-state index in [4.69, 9.17) is 9.98 Å². The van der Waals surface area contributed by atoms with Crippen LogP contribution in [0.4, 0.5) is 0 Å². The van der Waals surface area contributed by atoms with Gasteiger partial charge in [-0.25, -0.2) is 9.98 Å². The second-order valence-corrected chi connectivity index (χ2v) is 8.81. The largest absolute Gasteiger partial charge is 0.357 e. The van der Waals surface area contributed by atoms with E-state index in [1.807, 2.05) is 0 Å². The molecule has 1 aliphatic heterocycles. The quantitative estimate of drug-likeness (QED) is 0.292. The van der Waals surface area contributed by atoms with Crippen LogP contribution in [0.5, 0.6) is 0 Å². The maximum atomic E-state index is 4.76. The van der Waals surface area contributed by atoms with Crippen molar-refractivity contribution in [2.75, 3.05) is 26.2 Å². The zero-order valence-corrected chi connectivity index (χ0v) is 21.6. The van der Waals surface area contributed by atoms with Crippen LogP contribution in [0.15, 0.2) is 34.6 Å². The Balaban J connectivity index is 0.00000320. The third-order valence-electron chi connectivity index (χ3n) is 5.44. The Morgan fingerprint density at radius 1 is 1.17 bits per heavy atom. The van der Waals surface area contributed by atoms with E-state index in [2.05, 4.69) is 66.0 Å². The fourth-order valence-corrected chi connectivity index (χ4v) is 4.34. The van der Waals surface area contributed by atoms with Gasteiger partial charge in [0.2, 0.25) is 0 Å². The number of hydrogen-bond acceptors (Lipinski definition) is 4. The Kier molecular flexibility index (Phi) is 11.1. The molecule has 0 radical (unpaired) electrons. The minimum atomic E-state index is 0. The second-order valence-electron chi connectivity index (χ2n) is 7.87. The van der Waals surface area contributed by atoms with E-state index < -0.39 is 0 Å². The van der Waals surface area contributed by atoms with Gasteiger partial charge in [0.25, 0.3) is 0 Å². The normalized spacial score (nSPS) is 15.6. The highest BCUT2D eigenvalue weighted by Crippen LogP contribution is 2.19. The van der Waals surface area contributed by atoms with E-state index >= 15 is 0 Å². The molecule has 1 saturated heterocycles. The average Bonchev–Trinajstić information content (AvgIpc) is 3.20. The van der Waals surface area contributed by atoms with Crippen LogP contribution >= 0.6 is 35.3 Å². The number of thiazole rings is 1. The van der Waals surface area contributed by atoms with Gasteiger partial charge in [0.05, 0.1) is 17.2 Å². The monoisotopic (exact) mass is 541 g/mol. The summed E-state index contributed by atoms with van der Waals surface area (Å²) in [5.74, 6) is 1.63. The highest BCUT2D eigenvalue weighted by atomic mass is 127. The summed E-state index contributed by atoms with van der Waals surface area (Å²) >= 11 is 1.79. The molecule has 0 spiro atoms. The molecular weight excluding hydrogens is 505 g/mol. The first-order valence-corrected chi connectivity index (χ1v) is 11.8. The first-order chi connectivity index (χ1) is 14.2. The minimum Gasteiger partial charge on any atom is -0.357 e. The number of halogens is 1. The number of rotatable bonds is 8. The van der Waals surface area contributed by atoms with Gasteiger partial charge in [-0.15, -0.1) is 35.3 Å². The Bertz CT molecular complexity index is 766. The van der Waals surface area contributed by atoms with Gasteiger partial charge in [-0.2, -0.15) is 0 Å². The molecule has 0 aliphatic carbocycles. The van der Waals surface area contributed by atoms with Gasteiger partial charge in [-0.05, 0) is 57.7 Å². The van der Waals surface area contributed by atoms with Crippen LogP contribution in [0, 0.1) is 12.8 Å². The third-order valence-corrected chi connectivity index (χ3v) is 6.48. The molecule has 2 N–H and O–H groups in total. The number of nitrogens with one attached hydrogen (secondary N) is 2. The van der Waals surface area contributed by atoms with Crippen molar-refractivity contribution >= 4 is 41.3 Å². The number of benzene rings is 1. The first kappa shape index (κ1) is 25.1. The van der Waals surface area contributed by atoms with Crippen LogP contribution in [-0.4, -0.2) is 42.0 Å². The summed E-state index contributed by atoms with van der Waals surface area (Å²) in [7, 11) is 0. The third kappa shape index (κ3) is 8.15. The number of aryl methyl sites for hydroxylation is 2. The van der Waals surface area contributed by atoms with Gasteiger partial charge in [0.15, 0.2) is 5.96 Å². The van der Waals surface area contributed by atoms with Gasteiger partial charge < -0.3 is 10.6 Å². The first-order valence-electron chi connectivity index (χ1n) is 10.9. The summed E-state index contributed by atoms with van der Waals surface area (Å²) in [6.07, 6.45) is 3.50. The number of aromatic nitrogens is 1. The maximum Gasteiger partial charge on any atom is 0.191 e. The number of guanidine groups is 1. The van der Waals surface area contributed by atoms with Gasteiger partial charge in [0, 0.05) is 25.0 Å². The van der Waals surface area contributed by atoms with Crippen LogP contribution in [0.2, 0.25) is 0 Å². The van der Waals surface area contributed by atoms with E-state index in [-0.39, 0.29) is 24.0 Å². The van der Waals surface area contributed by atoms with Crippen molar-refractivity contribution < 1.29 is 0 Å². The summed E-state index contributed by atoms with van der Waals surface area (Å²) in [6, 6.07) is 8.61. The standard InChI is InChI=1S/C23H35N5S.HI/c1-4-22-27-21(17-29-22)16-28-12-10-20(11-13-28)15-26-23(24-5-2)25-14-19-8-6-18(3)7-9-19;/h6-9,17,20H,4-5,10-16H2,1-3H3,(H2,24,25,26);1H. The molecule has 2 aromatic rings. The minimum absolute atomic E-state index is 0. The van der Waals surface area contributed by atoms with E-state index in [9.17, 15) is 0 Å². The van der Waals surface area contributed by atoms with Crippen LogP contribution in [0.25, 0.3) is 0 Å². The summed E-state index contributed by atoms with van der Waals surface area (Å²) in [5, 5.41) is 10.4. The molecule has 0 unspecified atom stereocenters. The lowest BCUT2D eigenvalue weighted by Crippen LogP contribution is -2.42. The maximum absolute atomic E-state index is 4.76. The zero-order valence-electron chi connectivity index (χ0n) is 18.5. The number of nitrogens with zero attached hydrogens (tertiary/aromatic N) is 3. The van der Waals surface area contributed by atoms with Gasteiger partial charge in [-0.3, -0.25) is 4.90 Å². The van der Waals surface area contributed by atoms with Gasteiger partial charge >= 0.3 is 0 Å². The average molecular weight is 542 g/mol. The highest BCUT2D eigenvalue weighted by molar-refractivity contribution is 14.0. The summed E-state index contributed by atoms with van der Waals surface area (Å²) in [4.78, 5) is 12.0. The van der Waals surface area contributed by atoms with Gasteiger partial charge in [-0.1, -0.05) is 36.8 Å². The van der Waals surface area contributed by atoms with Crippen LogP contribution in [0.1, 0.15) is 48.5 Å². The van der Waals surface area contributed by atoms with Crippen LogP contribution in [-0.2, 0) is 19.5 Å². The Labute approximate surface area is 202 Å². The van der Waals surface area contributed by atoms with Crippen LogP contribution < -0.4 is 10.6 Å². The fraction of sp³-hybridized carbons (Fsp3) is 0.565. The lowest BCUT2D eigenvalue weighted by molar-refractivity contribution is 0.176. The predicted octanol–water partition coefficient (Wildman–Crippen LogP) is 4.60. The number of hydrogen-bond donors (Lipinski definition) is 2. The molecular formula is C23H36IN5S. The number of aliphatic imine (C=N–C) groups is 1. The summed E-state index contributed by atoms with van der Waals surface area (Å²) in [6.45, 7) is 12.3. The molecule has 30 heavy (non-hydrogen) atoms. The van der Waals surface area contributed by atoms with Crippen molar-refractivity contribution in [3.8, 4) is 0 Å². The molecule has 7 heteroatoms. The smallest absolute Gasteiger partial charge is 0.191 e. The molecule has 0 bridgehead atoms. The molecule has 2 heterocycles. The fourth-order valence-electron chi connectivity index (χ4n) is 3.61. The number of piperidine rings is 1. The van der Waals surface area contributed by atoms with Gasteiger partial charge in [0.1, 0.15) is 0 Å². The van der Waals surface area contributed by atoms with E-state index in [0.717, 1.165) is 45.1 Å². The van der Waals surface area contributed by atoms with E-state index in [1.54, 1.807) is 11.3 Å². The summed E-state index contributed by atoms with van der Waals surface area (Å²) in [5.41, 5.74) is 3.77. The lowest BCUT2D eigenvalue weighted by Gasteiger charge is -2.31. The van der Waals surface area contributed by atoms with Crippen LogP contribution in [0.3, 0.4) is 0 Å². The van der Waals surface area contributed by atoms with E-state index in [0.29, 0.717) is 12.5 Å². The molecule has 5 nitrogen and oxygen atoms in total. The lowest BCUT2D eigenvalue weighted by atomic mass is 9.97.